The molecule has 0 amide bonds. The first kappa shape index (κ1) is 17.3. The van der Waals surface area contributed by atoms with Crippen molar-refractivity contribution in [2.75, 3.05) is 5.32 Å². The lowest BCUT2D eigenvalue weighted by atomic mass is 10.0. The van der Waals surface area contributed by atoms with Crippen LogP contribution in [0.15, 0.2) is 73.3 Å². The second-order valence-corrected chi connectivity index (χ2v) is 6.98. The van der Waals surface area contributed by atoms with Crippen LogP contribution < -0.4 is 5.32 Å². The summed E-state index contributed by atoms with van der Waals surface area (Å²) >= 11 is 0. The summed E-state index contributed by atoms with van der Waals surface area (Å²) in [5.41, 5.74) is 4.67. The first-order chi connectivity index (χ1) is 14.2. The van der Waals surface area contributed by atoms with Gasteiger partial charge in [0.25, 0.3) is 0 Å². The summed E-state index contributed by atoms with van der Waals surface area (Å²) in [6, 6.07) is 16.6. The lowest BCUT2D eigenvalue weighted by Gasteiger charge is -2.16. The quantitative estimate of drug-likeness (QED) is 0.431. The molecule has 29 heavy (non-hydrogen) atoms. The maximum atomic E-state index is 13.6. The number of aromatic nitrogens is 4. The highest BCUT2D eigenvalue weighted by molar-refractivity contribution is 5.98. The van der Waals surface area contributed by atoms with Crippen molar-refractivity contribution in [3.05, 3.63) is 84.7 Å². The number of hydrogen-bond acceptors (Lipinski definition) is 4. The number of nitrogens with one attached hydrogen (secondary N) is 2. The van der Waals surface area contributed by atoms with E-state index in [0.717, 1.165) is 38.6 Å². The fourth-order valence-electron chi connectivity index (χ4n) is 3.60. The predicted octanol–water partition coefficient (Wildman–Crippen LogP) is 5.49. The largest absolute Gasteiger partial charge is 0.363 e. The Kier molecular flexibility index (Phi) is 4.17. The van der Waals surface area contributed by atoms with Gasteiger partial charge in [-0.15, -0.1) is 0 Å². The predicted molar refractivity (Wildman–Crippen MR) is 113 cm³/mol. The zero-order valence-corrected chi connectivity index (χ0v) is 15.7. The van der Waals surface area contributed by atoms with Crippen LogP contribution in [0.3, 0.4) is 0 Å². The number of hydrogen-bond donors (Lipinski definition) is 2. The number of nitrogens with zero attached hydrogens (tertiary/aromatic N) is 3. The van der Waals surface area contributed by atoms with E-state index in [1.54, 1.807) is 12.3 Å². The summed E-state index contributed by atoms with van der Waals surface area (Å²) in [5.74, 6) is 0.463. The molecule has 0 fully saturated rings. The van der Waals surface area contributed by atoms with Crippen LogP contribution in [0, 0.1) is 5.82 Å². The fourth-order valence-corrected chi connectivity index (χ4v) is 3.60. The highest BCUT2D eigenvalue weighted by atomic mass is 19.1. The Morgan fingerprint density at radius 2 is 1.90 bits per heavy atom. The lowest BCUT2D eigenvalue weighted by molar-refractivity contribution is 0.623. The molecule has 142 valence electrons. The molecule has 0 aliphatic rings. The zero-order chi connectivity index (χ0) is 19.8. The molecule has 2 N–H and O–H groups in total. The van der Waals surface area contributed by atoms with Crippen LogP contribution in [-0.4, -0.2) is 19.9 Å². The molecule has 0 aliphatic carbocycles. The van der Waals surface area contributed by atoms with Gasteiger partial charge in [-0.3, -0.25) is 0 Å². The molecule has 0 saturated carbocycles. The average molecular weight is 383 g/mol. The Balaban J connectivity index is 1.57. The Labute approximate surface area is 166 Å². The van der Waals surface area contributed by atoms with Crippen LogP contribution in [0.25, 0.3) is 33.1 Å². The third kappa shape index (κ3) is 3.18. The topological polar surface area (TPSA) is 66.5 Å². The highest BCUT2D eigenvalue weighted by Crippen LogP contribution is 2.32. The second-order valence-electron chi connectivity index (χ2n) is 6.98. The summed E-state index contributed by atoms with van der Waals surface area (Å²) in [6.07, 6.45) is 5.27. The molecule has 0 radical (unpaired) electrons. The van der Waals surface area contributed by atoms with E-state index in [4.69, 9.17) is 0 Å². The van der Waals surface area contributed by atoms with Gasteiger partial charge in [0.2, 0.25) is 0 Å². The molecular formula is C23H18FN5. The minimum Gasteiger partial charge on any atom is -0.363 e. The molecular weight excluding hydrogens is 365 g/mol. The number of fused-ring (bicyclic) bond motifs is 2. The Bertz CT molecular complexity index is 1330. The van der Waals surface area contributed by atoms with Crippen LogP contribution in [0.2, 0.25) is 0 Å². The maximum absolute atomic E-state index is 13.6. The van der Waals surface area contributed by atoms with Gasteiger partial charge in [-0.25, -0.2) is 19.3 Å². The summed E-state index contributed by atoms with van der Waals surface area (Å²) in [5, 5.41) is 5.37. The SMILES string of the molecule is C[C@@H](Nc1ncnc2ccc(-c3c[nH]c4ncccc34)cc12)c1cccc(F)c1. The maximum Gasteiger partial charge on any atom is 0.137 e. The Morgan fingerprint density at radius 3 is 2.79 bits per heavy atom. The van der Waals surface area contributed by atoms with Crippen molar-refractivity contribution in [1.29, 1.82) is 0 Å². The van der Waals surface area contributed by atoms with Gasteiger partial charge in [-0.1, -0.05) is 18.2 Å². The molecule has 0 spiro atoms. The van der Waals surface area contributed by atoms with Gasteiger partial charge in [0.05, 0.1) is 11.6 Å². The van der Waals surface area contributed by atoms with E-state index in [1.807, 2.05) is 43.5 Å². The first-order valence-electron chi connectivity index (χ1n) is 9.38. The van der Waals surface area contributed by atoms with E-state index in [2.05, 4.69) is 31.3 Å². The normalized spacial score (nSPS) is 12.3. The van der Waals surface area contributed by atoms with Gasteiger partial charge in [-0.2, -0.15) is 0 Å². The van der Waals surface area contributed by atoms with E-state index >= 15 is 0 Å². The number of aromatic amines is 1. The van der Waals surface area contributed by atoms with E-state index in [9.17, 15) is 4.39 Å². The smallest absolute Gasteiger partial charge is 0.137 e. The van der Waals surface area contributed by atoms with Gasteiger partial charge < -0.3 is 10.3 Å². The fraction of sp³-hybridized carbons (Fsp3) is 0.0870. The number of rotatable bonds is 4. The minimum absolute atomic E-state index is 0.107. The van der Waals surface area contributed by atoms with Crippen molar-refractivity contribution < 1.29 is 4.39 Å². The lowest BCUT2D eigenvalue weighted by Crippen LogP contribution is -2.09. The number of anilines is 1. The molecule has 5 nitrogen and oxygen atoms in total. The molecule has 0 aliphatic heterocycles. The average Bonchev–Trinajstić information content (AvgIpc) is 3.18. The molecule has 2 aromatic carbocycles. The van der Waals surface area contributed by atoms with Crippen molar-refractivity contribution in [1.82, 2.24) is 19.9 Å². The van der Waals surface area contributed by atoms with Gasteiger partial charge in [-0.05, 0) is 54.4 Å². The van der Waals surface area contributed by atoms with Crippen molar-refractivity contribution >= 4 is 27.8 Å². The highest BCUT2D eigenvalue weighted by Gasteiger charge is 2.12. The molecule has 0 bridgehead atoms. The van der Waals surface area contributed by atoms with Crippen molar-refractivity contribution in [2.45, 2.75) is 13.0 Å². The minimum atomic E-state index is -0.251. The third-order valence-electron chi connectivity index (χ3n) is 5.10. The van der Waals surface area contributed by atoms with Gasteiger partial charge in [0, 0.05) is 28.7 Å². The number of halogens is 1. The van der Waals surface area contributed by atoms with Crippen LogP contribution in [0.4, 0.5) is 10.2 Å². The molecule has 5 rings (SSSR count). The van der Waals surface area contributed by atoms with E-state index in [-0.39, 0.29) is 11.9 Å². The molecule has 5 aromatic rings. The number of H-pyrrole nitrogens is 1. The van der Waals surface area contributed by atoms with Crippen LogP contribution in [0.1, 0.15) is 18.5 Å². The van der Waals surface area contributed by atoms with Crippen LogP contribution in [0.5, 0.6) is 0 Å². The molecule has 1 atom stereocenters. The molecule has 6 heteroatoms. The second kappa shape index (κ2) is 6.98. The monoisotopic (exact) mass is 383 g/mol. The summed E-state index contributed by atoms with van der Waals surface area (Å²) in [6.45, 7) is 1.98. The van der Waals surface area contributed by atoms with Crippen LogP contribution in [-0.2, 0) is 0 Å². The third-order valence-corrected chi connectivity index (χ3v) is 5.10. The van der Waals surface area contributed by atoms with Crippen molar-refractivity contribution in [3.63, 3.8) is 0 Å². The Hall–Kier alpha value is -3.80. The first-order valence-corrected chi connectivity index (χ1v) is 9.38. The molecule has 0 unspecified atom stereocenters. The zero-order valence-electron chi connectivity index (χ0n) is 15.7. The van der Waals surface area contributed by atoms with Gasteiger partial charge >= 0.3 is 0 Å². The van der Waals surface area contributed by atoms with Crippen LogP contribution >= 0.6 is 0 Å². The van der Waals surface area contributed by atoms with E-state index in [1.165, 1.54) is 18.5 Å². The summed E-state index contributed by atoms with van der Waals surface area (Å²) < 4.78 is 13.6. The molecule has 0 saturated heterocycles. The number of benzene rings is 2. The number of pyridine rings is 1. The summed E-state index contributed by atoms with van der Waals surface area (Å²) in [4.78, 5) is 16.4. The van der Waals surface area contributed by atoms with Crippen molar-refractivity contribution in [2.24, 2.45) is 0 Å². The molecule has 3 aromatic heterocycles. The summed E-state index contributed by atoms with van der Waals surface area (Å²) in [7, 11) is 0. The van der Waals surface area contributed by atoms with E-state index in [0.29, 0.717) is 5.82 Å². The van der Waals surface area contributed by atoms with E-state index < -0.39 is 0 Å². The standard InChI is InChI=1S/C23H18FN5/c1-14(15-4-2-5-17(24)10-15)29-23-19-11-16(7-8-21(19)27-13-28-23)20-12-26-22-18(20)6-3-9-25-22/h2-14H,1H3,(H,25,26)(H,27,28,29)/t14-/m1/s1. The van der Waals surface area contributed by atoms with Gasteiger partial charge in [0.1, 0.15) is 23.6 Å². The van der Waals surface area contributed by atoms with Crippen molar-refractivity contribution in [3.8, 4) is 11.1 Å². The van der Waals surface area contributed by atoms with Gasteiger partial charge in [0.15, 0.2) is 0 Å². The molecule has 3 heterocycles. The Morgan fingerprint density at radius 1 is 0.966 bits per heavy atom.